The number of sulfonamides is 1. The van der Waals surface area contributed by atoms with Crippen LogP contribution in [0, 0.1) is 12.8 Å². The Balaban J connectivity index is 1.36. The highest BCUT2D eigenvalue weighted by atomic mass is 35.5. The van der Waals surface area contributed by atoms with Gasteiger partial charge in [0, 0.05) is 69.3 Å². The van der Waals surface area contributed by atoms with E-state index in [9.17, 15) is 13.2 Å². The fourth-order valence-electron chi connectivity index (χ4n) is 4.79. The van der Waals surface area contributed by atoms with Crippen molar-refractivity contribution in [2.24, 2.45) is 5.92 Å². The Hall–Kier alpha value is -1.49. The molecule has 0 radical (unpaired) electrons. The molecule has 7 nitrogen and oxygen atoms in total. The summed E-state index contributed by atoms with van der Waals surface area (Å²) in [5.74, 6) is -0.150. The van der Waals surface area contributed by atoms with E-state index in [-0.39, 0.29) is 16.7 Å². The molecule has 3 heterocycles. The van der Waals surface area contributed by atoms with Crippen LogP contribution in [0.3, 0.4) is 0 Å². The van der Waals surface area contributed by atoms with Gasteiger partial charge in [-0.25, -0.2) is 8.42 Å². The van der Waals surface area contributed by atoms with E-state index in [0.29, 0.717) is 36.3 Å². The van der Waals surface area contributed by atoms with Gasteiger partial charge in [0.05, 0.1) is 9.23 Å². The maximum Gasteiger partial charge on any atom is 0.243 e. The molecule has 1 atom stereocenters. The van der Waals surface area contributed by atoms with Crippen molar-refractivity contribution in [1.29, 1.82) is 0 Å². The Morgan fingerprint density at radius 3 is 2.59 bits per heavy atom. The molecule has 2 aromatic rings. The number of amides is 1. The summed E-state index contributed by atoms with van der Waals surface area (Å²) in [7, 11) is -1.75. The zero-order valence-corrected chi connectivity index (χ0v) is 22.3. The monoisotopic (exact) mass is 524 g/mol. The summed E-state index contributed by atoms with van der Waals surface area (Å²) in [4.78, 5) is 17.6. The molecular weight excluding hydrogens is 492 g/mol. The fraction of sp³-hybridized carbons (Fsp3) is 0.542. The lowest BCUT2D eigenvalue weighted by Crippen LogP contribution is -2.48. The zero-order chi connectivity index (χ0) is 24.5. The average molecular weight is 525 g/mol. The average Bonchev–Trinajstić information content (AvgIpc) is 3.27. The molecular formula is C24H33ClN4O3S2. The van der Waals surface area contributed by atoms with E-state index in [2.05, 4.69) is 36.2 Å². The quantitative estimate of drug-likeness (QED) is 0.625. The van der Waals surface area contributed by atoms with Crippen molar-refractivity contribution >= 4 is 44.6 Å². The maximum atomic E-state index is 13.2. The first-order chi connectivity index (χ1) is 16.1. The van der Waals surface area contributed by atoms with Crippen LogP contribution in [-0.4, -0.2) is 69.3 Å². The second-order valence-corrected chi connectivity index (χ2v) is 12.8. The Morgan fingerprint density at radius 1 is 1.24 bits per heavy atom. The first-order valence-corrected chi connectivity index (χ1v) is 14.4. The number of piperazine rings is 1. The minimum atomic E-state index is -3.56. The molecule has 0 unspecified atom stereocenters. The number of rotatable bonds is 6. The molecule has 0 spiro atoms. The van der Waals surface area contributed by atoms with Crippen molar-refractivity contribution in [3.05, 3.63) is 45.1 Å². The number of hydrogen-bond acceptors (Lipinski definition) is 6. The molecule has 4 rings (SSSR count). The van der Waals surface area contributed by atoms with E-state index in [1.807, 2.05) is 13.1 Å². The van der Waals surface area contributed by atoms with Gasteiger partial charge in [-0.15, -0.1) is 11.3 Å². The van der Waals surface area contributed by atoms with Crippen LogP contribution in [0.5, 0.6) is 0 Å². The van der Waals surface area contributed by atoms with Gasteiger partial charge in [-0.3, -0.25) is 9.69 Å². The van der Waals surface area contributed by atoms with Crippen LogP contribution in [0.15, 0.2) is 34.5 Å². The van der Waals surface area contributed by atoms with E-state index in [4.69, 9.17) is 11.6 Å². The van der Waals surface area contributed by atoms with Crippen LogP contribution in [0.4, 0.5) is 5.69 Å². The number of carbonyl (C=O) groups is 1. The number of aryl methyl sites for hydroxylation is 1. The minimum absolute atomic E-state index is 0.0405. The normalized spacial score (nSPS) is 21.0. The Morgan fingerprint density at radius 2 is 1.97 bits per heavy atom. The summed E-state index contributed by atoms with van der Waals surface area (Å²) in [6.45, 7) is 8.98. The number of hydrogen-bond donors (Lipinski definition) is 1. The second kappa shape index (κ2) is 10.6. The lowest BCUT2D eigenvalue weighted by Gasteiger charge is -2.33. The predicted octanol–water partition coefficient (Wildman–Crippen LogP) is 3.57. The molecule has 2 aliphatic heterocycles. The van der Waals surface area contributed by atoms with E-state index in [1.165, 1.54) is 32.8 Å². The summed E-state index contributed by atoms with van der Waals surface area (Å²) in [5.41, 5.74) is 3.34. The van der Waals surface area contributed by atoms with Gasteiger partial charge in [0.1, 0.15) is 0 Å². The van der Waals surface area contributed by atoms with E-state index < -0.39 is 10.0 Å². The lowest BCUT2D eigenvalue weighted by molar-refractivity contribution is -0.123. The number of nitrogens with zero attached hydrogens (tertiary/aromatic N) is 3. The minimum Gasteiger partial charge on any atom is -0.315 e. The van der Waals surface area contributed by atoms with Gasteiger partial charge in [-0.05, 0) is 56.0 Å². The highest BCUT2D eigenvalue weighted by molar-refractivity contribution is 7.89. The number of nitrogens with one attached hydrogen (secondary N) is 1. The third-order valence-electron chi connectivity index (χ3n) is 6.88. The molecule has 2 saturated heterocycles. The smallest absolute Gasteiger partial charge is 0.243 e. The first kappa shape index (κ1) is 25.6. The largest absolute Gasteiger partial charge is 0.315 e. The van der Waals surface area contributed by atoms with Crippen LogP contribution in [0.25, 0.3) is 0 Å². The number of halogens is 1. The van der Waals surface area contributed by atoms with Gasteiger partial charge in [-0.2, -0.15) is 4.31 Å². The Bertz CT molecular complexity index is 1130. The Kier molecular flexibility index (Phi) is 8.01. The molecule has 1 N–H and O–H groups in total. The summed E-state index contributed by atoms with van der Waals surface area (Å²) in [5, 5.41) is 5.04. The van der Waals surface area contributed by atoms with Crippen LogP contribution >= 0.6 is 22.9 Å². The zero-order valence-electron chi connectivity index (χ0n) is 20.0. The highest BCUT2D eigenvalue weighted by Crippen LogP contribution is 2.30. The lowest BCUT2D eigenvalue weighted by atomic mass is 9.96. The van der Waals surface area contributed by atoms with Gasteiger partial charge in [0.25, 0.3) is 0 Å². The fourth-order valence-corrected chi connectivity index (χ4v) is 7.56. The van der Waals surface area contributed by atoms with Crippen molar-refractivity contribution in [1.82, 2.24) is 14.5 Å². The standard InChI is InChI=1S/C24H33ClN4O3S2/c1-17-12-21(5-4-20(17)15-28-11-8-26-18(2)14-28)27(3)24(30)19-6-9-29(10-7-19)34(31,32)22-13-23(25)33-16-22/h4-5,12-13,16,18-19,26H,6-11,14-15H2,1-3H3/t18-/m0/s1. The van der Waals surface area contributed by atoms with E-state index in [0.717, 1.165) is 31.9 Å². The summed E-state index contributed by atoms with van der Waals surface area (Å²) in [6.07, 6.45) is 1.02. The second-order valence-electron chi connectivity index (χ2n) is 9.36. The predicted molar refractivity (Wildman–Crippen MR) is 138 cm³/mol. The molecule has 186 valence electrons. The van der Waals surface area contributed by atoms with Crippen LogP contribution < -0.4 is 10.2 Å². The van der Waals surface area contributed by atoms with E-state index >= 15 is 0 Å². The van der Waals surface area contributed by atoms with Gasteiger partial charge in [0.2, 0.25) is 15.9 Å². The van der Waals surface area contributed by atoms with Gasteiger partial charge < -0.3 is 10.2 Å². The molecule has 10 heteroatoms. The van der Waals surface area contributed by atoms with Crippen molar-refractivity contribution in [3.63, 3.8) is 0 Å². The molecule has 34 heavy (non-hydrogen) atoms. The molecule has 0 bridgehead atoms. The van der Waals surface area contributed by atoms with Crippen molar-refractivity contribution in [2.75, 3.05) is 44.7 Å². The van der Waals surface area contributed by atoms with Gasteiger partial charge >= 0.3 is 0 Å². The number of carbonyl (C=O) groups excluding carboxylic acids is 1. The van der Waals surface area contributed by atoms with Crippen LogP contribution in [0.2, 0.25) is 4.34 Å². The third kappa shape index (κ3) is 5.66. The molecule has 2 fully saturated rings. The number of benzene rings is 1. The van der Waals surface area contributed by atoms with Crippen LogP contribution in [-0.2, 0) is 21.4 Å². The number of piperidine rings is 1. The van der Waals surface area contributed by atoms with Gasteiger partial charge in [0.15, 0.2) is 0 Å². The molecule has 1 aromatic carbocycles. The van der Waals surface area contributed by atoms with Crippen molar-refractivity contribution in [2.45, 2.75) is 44.2 Å². The van der Waals surface area contributed by atoms with Crippen molar-refractivity contribution in [3.8, 4) is 0 Å². The number of thiophene rings is 1. The van der Waals surface area contributed by atoms with E-state index in [1.54, 1.807) is 10.3 Å². The Labute approximate surface area is 211 Å². The summed E-state index contributed by atoms with van der Waals surface area (Å²) < 4.78 is 27.6. The summed E-state index contributed by atoms with van der Waals surface area (Å²) >= 11 is 7.13. The molecule has 2 aliphatic rings. The third-order valence-corrected chi connectivity index (χ3v) is 9.99. The first-order valence-electron chi connectivity index (χ1n) is 11.7. The van der Waals surface area contributed by atoms with Crippen molar-refractivity contribution < 1.29 is 13.2 Å². The SMILES string of the molecule is Cc1cc(N(C)C(=O)C2CCN(S(=O)(=O)c3csc(Cl)c3)CC2)ccc1CN1CCN[C@@H](C)C1. The van der Waals surface area contributed by atoms with Gasteiger partial charge in [-0.1, -0.05) is 17.7 Å². The molecule has 1 amide bonds. The highest BCUT2D eigenvalue weighted by Gasteiger charge is 2.34. The molecule has 0 saturated carbocycles. The summed E-state index contributed by atoms with van der Waals surface area (Å²) in [6, 6.07) is 8.22. The maximum absolute atomic E-state index is 13.2. The molecule has 1 aromatic heterocycles. The van der Waals surface area contributed by atoms with Crippen LogP contribution in [0.1, 0.15) is 30.9 Å². The molecule has 0 aliphatic carbocycles. The number of anilines is 1. The topological polar surface area (TPSA) is 73.0 Å².